The molecular weight excluding hydrogens is 310 g/mol. The maximum atomic E-state index is 12.1. The van der Waals surface area contributed by atoms with E-state index in [0.717, 1.165) is 0 Å². The minimum Gasteiger partial charge on any atom is -0.465 e. The van der Waals surface area contributed by atoms with Crippen LogP contribution < -0.4 is 5.32 Å². The number of benzene rings is 1. The summed E-state index contributed by atoms with van der Waals surface area (Å²) < 4.78 is 10.4. The van der Waals surface area contributed by atoms with Crippen molar-refractivity contribution in [3.8, 4) is 0 Å². The molecule has 0 atom stereocenters. The van der Waals surface area contributed by atoms with E-state index in [2.05, 4.69) is 5.32 Å². The summed E-state index contributed by atoms with van der Waals surface area (Å²) in [5, 5.41) is 2.57. The van der Waals surface area contributed by atoms with Crippen molar-refractivity contribution in [2.45, 2.75) is 27.7 Å². The highest BCUT2D eigenvalue weighted by atomic mass is 16.5. The Morgan fingerprint density at radius 2 is 1.75 bits per heavy atom. The molecule has 0 saturated carbocycles. The number of carbonyl (C=O) groups excluding carboxylic acids is 3. The average Bonchev–Trinajstić information content (AvgIpc) is 2.78. The maximum Gasteiger partial charge on any atom is 0.342 e. The lowest BCUT2D eigenvalue weighted by Crippen LogP contribution is -2.22. The van der Waals surface area contributed by atoms with Crippen LogP contribution in [0.2, 0.25) is 0 Å². The SMILES string of the molecule is CC(=O)c1ccccc1NC(=O)COC(=O)c1c(C)oc(C)c1C. The van der Waals surface area contributed by atoms with Gasteiger partial charge in [0.2, 0.25) is 0 Å². The van der Waals surface area contributed by atoms with Crippen molar-refractivity contribution in [1.82, 2.24) is 0 Å². The Morgan fingerprint density at radius 1 is 1.08 bits per heavy atom. The number of amides is 1. The van der Waals surface area contributed by atoms with Crippen LogP contribution in [0.3, 0.4) is 0 Å². The summed E-state index contributed by atoms with van der Waals surface area (Å²) in [7, 11) is 0. The van der Waals surface area contributed by atoms with Crippen molar-refractivity contribution < 1.29 is 23.5 Å². The first kappa shape index (κ1) is 17.5. The summed E-state index contributed by atoms with van der Waals surface area (Å²) in [6.45, 7) is 6.14. The van der Waals surface area contributed by atoms with E-state index in [1.807, 2.05) is 0 Å². The molecular formula is C18H19NO5. The molecule has 126 valence electrons. The third-order valence-corrected chi connectivity index (χ3v) is 3.68. The van der Waals surface area contributed by atoms with Crippen molar-refractivity contribution in [3.05, 3.63) is 52.5 Å². The third-order valence-electron chi connectivity index (χ3n) is 3.68. The van der Waals surface area contributed by atoms with Gasteiger partial charge in [0.15, 0.2) is 12.4 Å². The standard InChI is InChI=1S/C18H19NO5/c1-10-12(3)24-13(4)17(10)18(22)23-9-16(21)19-15-8-6-5-7-14(15)11(2)20/h5-8H,9H2,1-4H3,(H,19,21). The van der Waals surface area contributed by atoms with E-state index in [-0.39, 0.29) is 5.78 Å². The van der Waals surface area contributed by atoms with E-state index in [0.29, 0.717) is 33.9 Å². The van der Waals surface area contributed by atoms with Crippen molar-refractivity contribution in [2.24, 2.45) is 0 Å². The van der Waals surface area contributed by atoms with E-state index < -0.39 is 18.5 Å². The Balaban J connectivity index is 2.01. The molecule has 2 rings (SSSR count). The van der Waals surface area contributed by atoms with Gasteiger partial charge in [0.05, 0.1) is 5.69 Å². The van der Waals surface area contributed by atoms with E-state index in [1.54, 1.807) is 45.0 Å². The van der Waals surface area contributed by atoms with E-state index in [1.165, 1.54) is 6.92 Å². The zero-order valence-corrected chi connectivity index (χ0v) is 14.1. The highest BCUT2D eigenvalue weighted by molar-refractivity contribution is 6.04. The van der Waals surface area contributed by atoms with Gasteiger partial charge in [-0.15, -0.1) is 0 Å². The fourth-order valence-electron chi connectivity index (χ4n) is 2.38. The number of carbonyl (C=O) groups is 3. The summed E-state index contributed by atoms with van der Waals surface area (Å²) in [5.74, 6) is -0.205. The van der Waals surface area contributed by atoms with Gasteiger partial charge in [0.1, 0.15) is 17.1 Å². The van der Waals surface area contributed by atoms with Crippen LogP contribution in [0.4, 0.5) is 5.69 Å². The average molecular weight is 329 g/mol. The molecule has 6 heteroatoms. The van der Waals surface area contributed by atoms with Gasteiger partial charge in [-0.1, -0.05) is 12.1 Å². The molecule has 0 radical (unpaired) electrons. The molecule has 1 heterocycles. The molecule has 0 aliphatic carbocycles. The van der Waals surface area contributed by atoms with Gasteiger partial charge in [-0.2, -0.15) is 0 Å². The quantitative estimate of drug-likeness (QED) is 0.672. The lowest BCUT2D eigenvalue weighted by molar-refractivity contribution is -0.119. The molecule has 6 nitrogen and oxygen atoms in total. The van der Waals surface area contributed by atoms with Crippen LogP contribution in [0.15, 0.2) is 28.7 Å². The van der Waals surface area contributed by atoms with Crippen LogP contribution >= 0.6 is 0 Å². The number of para-hydroxylation sites is 1. The van der Waals surface area contributed by atoms with Crippen LogP contribution in [0, 0.1) is 20.8 Å². The monoisotopic (exact) mass is 329 g/mol. The first-order chi connectivity index (χ1) is 11.3. The van der Waals surface area contributed by atoms with Gasteiger partial charge in [0.25, 0.3) is 5.91 Å². The number of furan rings is 1. The molecule has 0 bridgehead atoms. The van der Waals surface area contributed by atoms with Crippen molar-refractivity contribution in [1.29, 1.82) is 0 Å². The Kier molecular flexibility index (Phi) is 5.18. The fourth-order valence-corrected chi connectivity index (χ4v) is 2.38. The summed E-state index contributed by atoms with van der Waals surface area (Å²) >= 11 is 0. The number of esters is 1. The minimum atomic E-state index is -0.614. The molecule has 24 heavy (non-hydrogen) atoms. The van der Waals surface area contributed by atoms with Crippen LogP contribution in [0.5, 0.6) is 0 Å². The topological polar surface area (TPSA) is 85.6 Å². The molecule has 0 saturated heterocycles. The third kappa shape index (κ3) is 3.71. The second kappa shape index (κ2) is 7.12. The summed E-state index contributed by atoms with van der Waals surface area (Å²) in [4.78, 5) is 35.6. The zero-order valence-electron chi connectivity index (χ0n) is 14.1. The Hall–Kier alpha value is -2.89. The highest BCUT2D eigenvalue weighted by Crippen LogP contribution is 2.21. The summed E-state index contributed by atoms with van der Waals surface area (Å²) in [6.07, 6.45) is 0. The molecule has 1 aromatic heterocycles. The number of anilines is 1. The summed E-state index contributed by atoms with van der Waals surface area (Å²) in [6, 6.07) is 6.64. The lowest BCUT2D eigenvalue weighted by atomic mass is 10.1. The first-order valence-corrected chi connectivity index (χ1v) is 7.44. The number of rotatable bonds is 5. The smallest absolute Gasteiger partial charge is 0.342 e. The minimum absolute atomic E-state index is 0.164. The number of hydrogen-bond acceptors (Lipinski definition) is 5. The molecule has 2 aromatic rings. The maximum absolute atomic E-state index is 12.1. The second-order valence-electron chi connectivity index (χ2n) is 5.44. The predicted octanol–water partition coefficient (Wildman–Crippen LogP) is 3.20. The van der Waals surface area contributed by atoms with Crippen LogP contribution in [-0.2, 0) is 9.53 Å². The fraction of sp³-hybridized carbons (Fsp3) is 0.278. The van der Waals surface area contributed by atoms with Gasteiger partial charge in [-0.3, -0.25) is 9.59 Å². The Labute approximate surface area is 139 Å². The largest absolute Gasteiger partial charge is 0.465 e. The van der Waals surface area contributed by atoms with Crippen molar-refractivity contribution in [2.75, 3.05) is 11.9 Å². The Morgan fingerprint density at radius 3 is 2.33 bits per heavy atom. The molecule has 0 aliphatic rings. The molecule has 0 fully saturated rings. The molecule has 1 aromatic carbocycles. The van der Waals surface area contributed by atoms with E-state index >= 15 is 0 Å². The molecule has 1 amide bonds. The number of nitrogens with one attached hydrogen (secondary N) is 1. The predicted molar refractivity (Wildman–Crippen MR) is 88.3 cm³/mol. The first-order valence-electron chi connectivity index (χ1n) is 7.44. The lowest BCUT2D eigenvalue weighted by Gasteiger charge is -2.09. The van der Waals surface area contributed by atoms with Crippen molar-refractivity contribution in [3.63, 3.8) is 0 Å². The van der Waals surface area contributed by atoms with E-state index in [4.69, 9.17) is 9.15 Å². The van der Waals surface area contributed by atoms with Gasteiger partial charge < -0.3 is 14.5 Å². The van der Waals surface area contributed by atoms with Crippen LogP contribution in [0.1, 0.15) is 44.7 Å². The number of ether oxygens (including phenoxy) is 1. The molecule has 1 N–H and O–H groups in total. The normalized spacial score (nSPS) is 10.3. The molecule has 0 spiro atoms. The van der Waals surface area contributed by atoms with Crippen LogP contribution in [0.25, 0.3) is 0 Å². The number of Topliss-reactive ketones (excluding diaryl/α,β-unsaturated/α-hetero) is 1. The second-order valence-corrected chi connectivity index (χ2v) is 5.44. The summed E-state index contributed by atoms with van der Waals surface area (Å²) in [5.41, 5.74) is 1.82. The Bertz CT molecular complexity index is 804. The molecule has 0 unspecified atom stereocenters. The van der Waals surface area contributed by atoms with Crippen molar-refractivity contribution >= 4 is 23.3 Å². The van der Waals surface area contributed by atoms with Gasteiger partial charge in [0, 0.05) is 11.1 Å². The van der Waals surface area contributed by atoms with Gasteiger partial charge in [-0.05, 0) is 39.8 Å². The number of ketones is 1. The highest BCUT2D eigenvalue weighted by Gasteiger charge is 2.21. The van der Waals surface area contributed by atoms with E-state index in [9.17, 15) is 14.4 Å². The zero-order chi connectivity index (χ0) is 17.9. The van der Waals surface area contributed by atoms with Gasteiger partial charge in [-0.25, -0.2) is 4.79 Å². The van der Waals surface area contributed by atoms with Gasteiger partial charge >= 0.3 is 5.97 Å². The molecule has 0 aliphatic heterocycles. The number of hydrogen-bond donors (Lipinski definition) is 1. The number of aryl methyl sites for hydroxylation is 2. The van der Waals surface area contributed by atoms with Crippen LogP contribution in [-0.4, -0.2) is 24.3 Å².